The van der Waals surface area contributed by atoms with Gasteiger partial charge in [-0.05, 0) is 0 Å². The standard InChI is InChI=1S/C4H7NO4.K.H3N.H/c5-2(4(8)9)1-3(6)7;;;/h2H,1,5H2,(H,6,7)(H,8,9);;1H3;. The third-order valence-electron chi connectivity index (χ3n) is 0.712. The van der Waals surface area contributed by atoms with E-state index in [0.717, 1.165) is 0 Å². The zero-order chi connectivity index (χ0) is 7.44. The summed E-state index contributed by atoms with van der Waals surface area (Å²) in [7, 11) is 0. The fraction of sp³-hybridized carbons (Fsp3) is 0.500. The van der Waals surface area contributed by atoms with Gasteiger partial charge in [-0.1, -0.05) is 0 Å². The zero-order valence-electron chi connectivity index (χ0n) is 5.28. The molecule has 0 bridgehead atoms. The monoisotopic (exact) mass is 190 g/mol. The van der Waals surface area contributed by atoms with Crippen LogP contribution >= 0.6 is 0 Å². The summed E-state index contributed by atoms with van der Waals surface area (Å²) in [4.78, 5) is 19.6. The van der Waals surface area contributed by atoms with Crippen molar-refractivity contribution in [3.05, 3.63) is 0 Å². The van der Waals surface area contributed by atoms with E-state index in [9.17, 15) is 9.59 Å². The normalized spacial score (nSPS) is 10.3. The van der Waals surface area contributed by atoms with Crippen LogP contribution in [0.5, 0.6) is 0 Å². The summed E-state index contributed by atoms with van der Waals surface area (Å²) in [5.74, 6) is -2.50. The van der Waals surface area contributed by atoms with Crippen LogP contribution in [0.2, 0.25) is 0 Å². The van der Waals surface area contributed by atoms with Gasteiger partial charge in [-0.3, -0.25) is 9.59 Å². The van der Waals surface area contributed by atoms with Gasteiger partial charge in [0.25, 0.3) is 0 Å². The van der Waals surface area contributed by atoms with E-state index in [4.69, 9.17) is 15.9 Å². The van der Waals surface area contributed by atoms with E-state index in [1.807, 2.05) is 0 Å². The number of nitrogens with two attached hydrogens (primary N) is 1. The fourth-order valence-corrected chi connectivity index (χ4v) is 0.275. The maximum absolute atomic E-state index is 9.85. The van der Waals surface area contributed by atoms with E-state index in [1.165, 1.54) is 0 Å². The van der Waals surface area contributed by atoms with Crippen LogP contribution in [0, 0.1) is 0 Å². The van der Waals surface area contributed by atoms with Crippen LogP contribution in [-0.4, -0.2) is 79.6 Å². The number of rotatable bonds is 3. The predicted molar refractivity (Wildman–Crippen MR) is 40.0 cm³/mol. The first-order chi connectivity index (χ1) is 4.04. The second kappa shape index (κ2) is 8.59. The summed E-state index contributed by atoms with van der Waals surface area (Å²) in [5.41, 5.74) is 4.84. The number of hydrogen-bond donors (Lipinski definition) is 4. The minimum absolute atomic E-state index is 0. The Hall–Kier alpha value is 0.496. The van der Waals surface area contributed by atoms with Gasteiger partial charge in [-0.15, -0.1) is 0 Å². The zero-order valence-corrected chi connectivity index (χ0v) is 5.28. The number of carboxylic acid groups (broad SMARTS) is 2. The molecule has 6 nitrogen and oxygen atoms in total. The van der Waals surface area contributed by atoms with Crippen molar-refractivity contribution >= 4 is 63.3 Å². The van der Waals surface area contributed by atoms with Gasteiger partial charge in [0.1, 0.15) is 6.04 Å². The second-order valence-electron chi connectivity index (χ2n) is 1.54. The van der Waals surface area contributed by atoms with Crippen LogP contribution in [0.1, 0.15) is 6.42 Å². The van der Waals surface area contributed by atoms with Crippen molar-refractivity contribution in [2.45, 2.75) is 12.5 Å². The van der Waals surface area contributed by atoms with Gasteiger partial charge < -0.3 is 22.1 Å². The average molecular weight is 190 g/mol. The first-order valence-electron chi connectivity index (χ1n) is 2.24. The van der Waals surface area contributed by atoms with Crippen molar-refractivity contribution in [2.24, 2.45) is 5.73 Å². The molecule has 0 aromatic heterocycles. The topological polar surface area (TPSA) is 136 Å². The van der Waals surface area contributed by atoms with Crippen LogP contribution in [-0.2, 0) is 9.59 Å². The number of hydrogen-bond acceptors (Lipinski definition) is 4. The number of carbonyl (C=O) groups is 2. The molecule has 1 unspecified atom stereocenters. The molecule has 0 radical (unpaired) electrons. The summed E-state index contributed by atoms with van der Waals surface area (Å²) >= 11 is 0. The van der Waals surface area contributed by atoms with Crippen molar-refractivity contribution < 1.29 is 19.8 Å². The van der Waals surface area contributed by atoms with E-state index in [-0.39, 0.29) is 57.5 Å². The Morgan fingerprint density at radius 1 is 1.36 bits per heavy atom. The van der Waals surface area contributed by atoms with E-state index in [1.54, 1.807) is 0 Å². The van der Waals surface area contributed by atoms with E-state index in [2.05, 4.69) is 0 Å². The van der Waals surface area contributed by atoms with Crippen LogP contribution in [0.15, 0.2) is 0 Å². The molecule has 0 aliphatic carbocycles. The molecule has 0 spiro atoms. The van der Waals surface area contributed by atoms with Crippen LogP contribution in [0.3, 0.4) is 0 Å². The van der Waals surface area contributed by atoms with E-state index >= 15 is 0 Å². The number of carboxylic acids is 2. The van der Waals surface area contributed by atoms with Gasteiger partial charge in [-0.25, -0.2) is 0 Å². The van der Waals surface area contributed by atoms with Crippen molar-refractivity contribution in [3.63, 3.8) is 0 Å². The third kappa shape index (κ3) is 10.5. The Bertz CT molecular complexity index is 140. The van der Waals surface area contributed by atoms with Crippen LogP contribution in [0.25, 0.3) is 0 Å². The molecule has 0 aromatic carbocycles. The molecule has 0 rings (SSSR count). The maximum atomic E-state index is 9.85. The Kier molecular flexibility index (Phi) is 13.7. The molecule has 0 aromatic rings. The molecule has 0 aliphatic heterocycles. The van der Waals surface area contributed by atoms with Gasteiger partial charge in [0.15, 0.2) is 0 Å². The molecule has 62 valence electrons. The molecular weight excluding hydrogens is 179 g/mol. The molecule has 7 heteroatoms. The first kappa shape index (κ1) is 17.5. The summed E-state index contributed by atoms with van der Waals surface area (Å²) in [6.45, 7) is 0. The SMILES string of the molecule is N.NC(CC(=O)O)C(=O)O.[KH]. The van der Waals surface area contributed by atoms with E-state index < -0.39 is 24.4 Å². The van der Waals surface area contributed by atoms with Crippen molar-refractivity contribution in [2.75, 3.05) is 0 Å². The first-order valence-corrected chi connectivity index (χ1v) is 2.24. The van der Waals surface area contributed by atoms with Gasteiger partial charge in [0.2, 0.25) is 0 Å². The third-order valence-corrected chi connectivity index (χ3v) is 0.712. The summed E-state index contributed by atoms with van der Waals surface area (Å²) in [5, 5.41) is 16.0. The van der Waals surface area contributed by atoms with Crippen LogP contribution < -0.4 is 11.9 Å². The summed E-state index contributed by atoms with van der Waals surface area (Å²) in [6, 6.07) is -1.29. The molecule has 1 atom stereocenters. The van der Waals surface area contributed by atoms with Crippen molar-refractivity contribution in [1.82, 2.24) is 6.15 Å². The molecule has 0 aliphatic rings. The molecule has 0 saturated heterocycles. The van der Waals surface area contributed by atoms with E-state index in [0.29, 0.717) is 0 Å². The van der Waals surface area contributed by atoms with Crippen molar-refractivity contribution in [3.8, 4) is 0 Å². The Morgan fingerprint density at radius 3 is 1.82 bits per heavy atom. The summed E-state index contributed by atoms with van der Waals surface area (Å²) in [6.07, 6.45) is -0.532. The summed E-state index contributed by atoms with van der Waals surface area (Å²) < 4.78 is 0. The predicted octanol–water partition coefficient (Wildman–Crippen LogP) is -1.61. The quantitative estimate of drug-likeness (QED) is 0.395. The number of aliphatic carboxylic acids is 2. The van der Waals surface area contributed by atoms with Gasteiger partial charge in [0, 0.05) is 0 Å². The fourth-order valence-electron chi connectivity index (χ4n) is 0.275. The molecule has 0 saturated carbocycles. The molecule has 0 heterocycles. The van der Waals surface area contributed by atoms with Gasteiger partial charge in [-0.2, -0.15) is 0 Å². The van der Waals surface area contributed by atoms with Crippen LogP contribution in [0.4, 0.5) is 0 Å². The van der Waals surface area contributed by atoms with Crippen molar-refractivity contribution in [1.29, 1.82) is 0 Å². The molecule has 7 N–H and O–H groups in total. The average Bonchev–Trinajstić information content (AvgIpc) is 1.63. The minimum atomic E-state index is -1.29. The molecular formula is C4H11KN2O4. The Morgan fingerprint density at radius 2 is 1.73 bits per heavy atom. The van der Waals surface area contributed by atoms with Gasteiger partial charge in [0.05, 0.1) is 6.42 Å². The molecule has 0 amide bonds. The molecule has 0 fully saturated rings. The Balaban J connectivity index is -0.000000320. The molecule has 11 heavy (non-hydrogen) atoms. The van der Waals surface area contributed by atoms with Gasteiger partial charge >= 0.3 is 63.3 Å². The second-order valence-corrected chi connectivity index (χ2v) is 1.54. The Labute approximate surface area is 106 Å².